The van der Waals surface area contributed by atoms with E-state index in [1.54, 1.807) is 24.8 Å². The van der Waals surface area contributed by atoms with Crippen molar-refractivity contribution in [2.75, 3.05) is 23.7 Å². The van der Waals surface area contributed by atoms with Crippen molar-refractivity contribution < 1.29 is 14.4 Å². The number of nitrogens with zero attached hydrogens (tertiary/aromatic N) is 1. The lowest BCUT2D eigenvalue weighted by molar-refractivity contribution is -0.129. The maximum Gasteiger partial charge on any atom is 0.324 e. The molecule has 1 aromatic carbocycles. The largest absolute Gasteiger partial charge is 0.354 e. The first-order valence-electron chi connectivity index (χ1n) is 11.1. The van der Waals surface area contributed by atoms with Crippen molar-refractivity contribution in [1.29, 1.82) is 0 Å². The first kappa shape index (κ1) is 25.1. The molecule has 9 heteroatoms. The fourth-order valence-corrected chi connectivity index (χ4v) is 5.00. The van der Waals surface area contributed by atoms with Crippen LogP contribution in [0, 0.1) is 0 Å². The molecule has 1 aliphatic rings. The van der Waals surface area contributed by atoms with E-state index in [1.165, 1.54) is 11.3 Å². The Morgan fingerprint density at radius 1 is 1.21 bits per heavy atom. The molecule has 2 heterocycles. The van der Waals surface area contributed by atoms with Gasteiger partial charge in [-0.1, -0.05) is 32.4 Å². The molecule has 2 aromatic rings. The van der Waals surface area contributed by atoms with Gasteiger partial charge in [0, 0.05) is 28.7 Å². The van der Waals surface area contributed by atoms with Gasteiger partial charge >= 0.3 is 6.03 Å². The van der Waals surface area contributed by atoms with Crippen LogP contribution < -0.4 is 16.0 Å². The second kappa shape index (κ2) is 10.1. The van der Waals surface area contributed by atoms with Crippen LogP contribution in [-0.2, 0) is 11.2 Å². The van der Waals surface area contributed by atoms with Crippen molar-refractivity contribution in [2.24, 2.45) is 0 Å². The number of benzene rings is 1. The molecule has 0 spiro atoms. The van der Waals surface area contributed by atoms with E-state index in [0.29, 0.717) is 40.8 Å². The number of carbonyl (C=O) groups excluding carboxylic acids is 3. The van der Waals surface area contributed by atoms with Crippen LogP contribution in [0.5, 0.6) is 0 Å². The molecule has 4 amide bonds. The Hall–Kier alpha value is -2.58. The Morgan fingerprint density at radius 3 is 2.61 bits per heavy atom. The number of amides is 4. The Labute approximate surface area is 203 Å². The number of urea groups is 1. The molecule has 0 bridgehead atoms. The molecule has 178 valence electrons. The minimum absolute atomic E-state index is 0.181. The van der Waals surface area contributed by atoms with Crippen LogP contribution in [0.25, 0.3) is 0 Å². The molecular weight excluding hydrogens is 460 g/mol. The van der Waals surface area contributed by atoms with E-state index in [0.717, 1.165) is 16.9 Å². The summed E-state index contributed by atoms with van der Waals surface area (Å²) in [4.78, 5) is 41.5. The van der Waals surface area contributed by atoms with Crippen molar-refractivity contribution in [3.63, 3.8) is 0 Å². The van der Waals surface area contributed by atoms with Gasteiger partial charge in [-0.2, -0.15) is 0 Å². The van der Waals surface area contributed by atoms with Gasteiger partial charge in [-0.15, -0.1) is 11.3 Å². The molecule has 0 radical (unpaired) electrons. The number of halogens is 1. The summed E-state index contributed by atoms with van der Waals surface area (Å²) in [6, 6.07) is 6.76. The Bertz CT molecular complexity index is 1060. The fourth-order valence-electron chi connectivity index (χ4n) is 3.70. The van der Waals surface area contributed by atoms with Crippen molar-refractivity contribution in [3.8, 4) is 0 Å². The SMILES string of the molecule is CCc1cc(Cl)cc(NC(=O)Nc2sc(C(C)C)cc2C(=O)N2CCCNC(=O)C2(C)C)c1. The third-order valence-electron chi connectivity index (χ3n) is 5.72. The second-order valence-electron chi connectivity index (χ2n) is 8.95. The summed E-state index contributed by atoms with van der Waals surface area (Å²) in [6.45, 7) is 10.5. The standard InChI is InChI=1S/C24H31ClN4O3S/c1-6-15-10-16(25)12-17(11-15)27-23(32)28-20-18(13-19(33-20)14(2)3)21(30)29-9-7-8-26-22(31)24(29,4)5/h10-14H,6-9H2,1-5H3,(H,26,31)(H2,27,28,32). The fraction of sp³-hybridized carbons (Fsp3) is 0.458. The average Bonchev–Trinajstić information content (AvgIpc) is 3.10. The first-order chi connectivity index (χ1) is 15.5. The molecule has 1 fully saturated rings. The van der Waals surface area contributed by atoms with Crippen molar-refractivity contribution in [3.05, 3.63) is 45.3 Å². The Kier molecular flexibility index (Phi) is 7.69. The topological polar surface area (TPSA) is 90.5 Å². The van der Waals surface area contributed by atoms with Crippen LogP contribution >= 0.6 is 22.9 Å². The van der Waals surface area contributed by atoms with Crippen LogP contribution in [-0.4, -0.2) is 41.4 Å². The molecule has 3 rings (SSSR count). The van der Waals surface area contributed by atoms with E-state index in [2.05, 4.69) is 16.0 Å². The van der Waals surface area contributed by atoms with E-state index in [1.807, 2.05) is 39.0 Å². The zero-order chi connectivity index (χ0) is 24.3. The molecule has 1 aromatic heterocycles. The maximum absolute atomic E-state index is 13.6. The lowest BCUT2D eigenvalue weighted by Gasteiger charge is -2.35. The van der Waals surface area contributed by atoms with Crippen LogP contribution in [0.3, 0.4) is 0 Å². The van der Waals surface area contributed by atoms with Crippen molar-refractivity contribution in [1.82, 2.24) is 10.2 Å². The molecule has 3 N–H and O–H groups in total. The van der Waals surface area contributed by atoms with Gasteiger partial charge in [0.2, 0.25) is 5.91 Å². The highest BCUT2D eigenvalue weighted by molar-refractivity contribution is 7.16. The van der Waals surface area contributed by atoms with Gasteiger partial charge in [0.15, 0.2) is 0 Å². The molecule has 33 heavy (non-hydrogen) atoms. The van der Waals surface area contributed by atoms with Crippen LogP contribution in [0.4, 0.5) is 15.5 Å². The van der Waals surface area contributed by atoms with Gasteiger partial charge in [-0.05, 0) is 62.4 Å². The van der Waals surface area contributed by atoms with Crippen LogP contribution in [0.1, 0.15) is 67.8 Å². The summed E-state index contributed by atoms with van der Waals surface area (Å²) >= 11 is 7.53. The summed E-state index contributed by atoms with van der Waals surface area (Å²) < 4.78 is 0. The first-order valence-corrected chi connectivity index (χ1v) is 12.3. The molecule has 0 unspecified atom stereocenters. The molecular formula is C24H31ClN4O3S. The number of hydrogen-bond acceptors (Lipinski definition) is 4. The molecule has 0 atom stereocenters. The van der Waals surface area contributed by atoms with Gasteiger partial charge in [0.05, 0.1) is 5.56 Å². The smallest absolute Gasteiger partial charge is 0.324 e. The molecule has 1 saturated heterocycles. The van der Waals surface area contributed by atoms with E-state index in [4.69, 9.17) is 11.6 Å². The average molecular weight is 491 g/mol. The lowest BCUT2D eigenvalue weighted by atomic mass is 10.0. The highest BCUT2D eigenvalue weighted by Gasteiger charge is 2.40. The Morgan fingerprint density at radius 2 is 1.94 bits per heavy atom. The summed E-state index contributed by atoms with van der Waals surface area (Å²) in [7, 11) is 0. The number of nitrogens with one attached hydrogen (secondary N) is 3. The number of aryl methyl sites for hydroxylation is 1. The monoisotopic (exact) mass is 490 g/mol. The summed E-state index contributed by atoms with van der Waals surface area (Å²) in [5, 5.41) is 9.51. The van der Waals surface area contributed by atoms with Crippen LogP contribution in [0.2, 0.25) is 5.02 Å². The third kappa shape index (κ3) is 5.68. The number of hydrogen-bond donors (Lipinski definition) is 3. The summed E-state index contributed by atoms with van der Waals surface area (Å²) in [5.74, 6) is -0.278. The molecule has 0 saturated carbocycles. The second-order valence-corrected chi connectivity index (χ2v) is 10.5. The zero-order valence-corrected chi connectivity index (χ0v) is 21.2. The van der Waals surface area contributed by atoms with Crippen LogP contribution in [0.15, 0.2) is 24.3 Å². The van der Waals surface area contributed by atoms with Crippen molar-refractivity contribution in [2.45, 2.75) is 58.9 Å². The molecule has 7 nitrogen and oxygen atoms in total. The highest BCUT2D eigenvalue weighted by Crippen LogP contribution is 2.35. The predicted molar refractivity (Wildman–Crippen MR) is 135 cm³/mol. The van der Waals surface area contributed by atoms with Gasteiger partial charge < -0.3 is 15.5 Å². The highest BCUT2D eigenvalue weighted by atomic mass is 35.5. The normalized spacial score (nSPS) is 15.7. The van der Waals surface area contributed by atoms with E-state index >= 15 is 0 Å². The quantitative estimate of drug-likeness (QED) is 0.518. The van der Waals surface area contributed by atoms with E-state index < -0.39 is 11.6 Å². The third-order valence-corrected chi connectivity index (χ3v) is 7.29. The van der Waals surface area contributed by atoms with Crippen molar-refractivity contribution >= 4 is 51.5 Å². The minimum Gasteiger partial charge on any atom is -0.354 e. The summed E-state index contributed by atoms with van der Waals surface area (Å²) in [5.41, 5.74) is 0.982. The number of thiophene rings is 1. The van der Waals surface area contributed by atoms with Gasteiger partial charge in [0.25, 0.3) is 5.91 Å². The number of rotatable bonds is 5. The van der Waals surface area contributed by atoms with Gasteiger partial charge in [-0.3, -0.25) is 14.9 Å². The summed E-state index contributed by atoms with van der Waals surface area (Å²) in [6.07, 6.45) is 1.46. The van der Waals surface area contributed by atoms with Gasteiger partial charge in [-0.25, -0.2) is 4.79 Å². The van der Waals surface area contributed by atoms with E-state index in [-0.39, 0.29) is 17.7 Å². The Balaban J connectivity index is 1.88. The minimum atomic E-state index is -0.996. The number of anilines is 2. The maximum atomic E-state index is 13.6. The molecule has 1 aliphatic heterocycles. The zero-order valence-electron chi connectivity index (χ0n) is 19.7. The predicted octanol–water partition coefficient (Wildman–Crippen LogP) is 5.47. The lowest BCUT2D eigenvalue weighted by Crippen LogP contribution is -2.55. The van der Waals surface area contributed by atoms with E-state index in [9.17, 15) is 14.4 Å². The van der Waals surface area contributed by atoms with Gasteiger partial charge in [0.1, 0.15) is 10.5 Å². The molecule has 0 aliphatic carbocycles. The number of carbonyl (C=O) groups is 3.